The number of aryl methyl sites for hydroxylation is 1. The minimum Gasteiger partial charge on any atom is -0.480 e. The van der Waals surface area contributed by atoms with Crippen molar-refractivity contribution >= 4 is 5.97 Å². The van der Waals surface area contributed by atoms with E-state index >= 15 is 0 Å². The van der Waals surface area contributed by atoms with Crippen molar-refractivity contribution in [3.8, 4) is 0 Å². The van der Waals surface area contributed by atoms with Crippen molar-refractivity contribution in [3.63, 3.8) is 0 Å². The molecule has 0 spiro atoms. The maximum atomic E-state index is 11.4. The van der Waals surface area contributed by atoms with Crippen LogP contribution in [0.5, 0.6) is 0 Å². The molecule has 0 amide bonds. The molecule has 0 aliphatic rings. The van der Waals surface area contributed by atoms with E-state index in [2.05, 4.69) is 15.5 Å². The number of rotatable bonds is 6. The first kappa shape index (κ1) is 13.2. The zero-order valence-electron chi connectivity index (χ0n) is 10.7. The molecule has 0 saturated carbocycles. The highest BCUT2D eigenvalue weighted by atomic mass is 16.4. The van der Waals surface area contributed by atoms with Crippen molar-refractivity contribution in [1.29, 1.82) is 0 Å². The van der Waals surface area contributed by atoms with Gasteiger partial charge in [0.1, 0.15) is 0 Å². The van der Waals surface area contributed by atoms with Gasteiger partial charge in [-0.05, 0) is 22.4 Å². The Kier molecular flexibility index (Phi) is 4.22. The van der Waals surface area contributed by atoms with Crippen LogP contribution in [0.3, 0.4) is 0 Å². The Bertz CT molecular complexity index is 539. The molecule has 19 heavy (non-hydrogen) atoms. The third-order valence-electron chi connectivity index (χ3n) is 2.89. The summed E-state index contributed by atoms with van der Waals surface area (Å²) in [6, 6.07) is 8.72. The SMILES string of the molecule is CCCc1nnnn1C(Cc1ccccc1)C(=O)O. The third kappa shape index (κ3) is 3.15. The Hall–Kier alpha value is -2.24. The molecule has 1 heterocycles. The molecule has 0 aliphatic carbocycles. The molecule has 100 valence electrons. The van der Waals surface area contributed by atoms with Gasteiger partial charge in [-0.15, -0.1) is 5.10 Å². The Balaban J connectivity index is 2.25. The largest absolute Gasteiger partial charge is 0.480 e. The topological polar surface area (TPSA) is 80.9 Å². The molecule has 0 bridgehead atoms. The van der Waals surface area contributed by atoms with E-state index in [1.165, 1.54) is 4.68 Å². The number of carboxylic acids is 1. The van der Waals surface area contributed by atoms with Crippen molar-refractivity contribution in [1.82, 2.24) is 20.2 Å². The monoisotopic (exact) mass is 260 g/mol. The maximum absolute atomic E-state index is 11.4. The zero-order valence-corrected chi connectivity index (χ0v) is 10.7. The van der Waals surface area contributed by atoms with Crippen LogP contribution in [-0.4, -0.2) is 31.3 Å². The molecule has 2 rings (SSSR count). The highest BCUT2D eigenvalue weighted by Gasteiger charge is 2.24. The standard InChI is InChI=1S/C13H16N4O2/c1-2-6-12-14-15-16-17(12)11(13(18)19)9-10-7-4-3-5-8-10/h3-5,7-8,11H,2,6,9H2,1H3,(H,18,19). The summed E-state index contributed by atoms with van der Waals surface area (Å²) in [5, 5.41) is 20.7. The predicted octanol–water partition coefficient (Wildman–Crippen LogP) is 1.49. The lowest BCUT2D eigenvalue weighted by molar-refractivity contribution is -0.141. The zero-order chi connectivity index (χ0) is 13.7. The first-order valence-electron chi connectivity index (χ1n) is 6.25. The summed E-state index contributed by atoms with van der Waals surface area (Å²) in [6.07, 6.45) is 1.92. The summed E-state index contributed by atoms with van der Waals surface area (Å²) in [5.41, 5.74) is 0.952. The average Bonchev–Trinajstić information content (AvgIpc) is 2.85. The van der Waals surface area contributed by atoms with Gasteiger partial charge in [-0.1, -0.05) is 37.3 Å². The van der Waals surface area contributed by atoms with E-state index in [9.17, 15) is 9.90 Å². The number of hydrogen-bond donors (Lipinski definition) is 1. The molecular formula is C13H16N4O2. The van der Waals surface area contributed by atoms with Gasteiger partial charge in [0.2, 0.25) is 0 Å². The van der Waals surface area contributed by atoms with Gasteiger partial charge in [0.25, 0.3) is 0 Å². The lowest BCUT2D eigenvalue weighted by atomic mass is 10.1. The molecule has 1 atom stereocenters. The van der Waals surface area contributed by atoms with Crippen molar-refractivity contribution < 1.29 is 9.90 Å². The van der Waals surface area contributed by atoms with Crippen LogP contribution in [0, 0.1) is 0 Å². The summed E-state index contributed by atoms with van der Waals surface area (Å²) in [7, 11) is 0. The normalized spacial score (nSPS) is 12.3. The molecule has 6 heteroatoms. The highest BCUT2D eigenvalue weighted by molar-refractivity contribution is 5.72. The summed E-state index contributed by atoms with van der Waals surface area (Å²) in [6.45, 7) is 2.01. The Morgan fingerprint density at radius 2 is 2.11 bits per heavy atom. The van der Waals surface area contributed by atoms with Crippen LogP contribution < -0.4 is 0 Å². The summed E-state index contributed by atoms with van der Waals surface area (Å²) in [4.78, 5) is 11.4. The van der Waals surface area contributed by atoms with E-state index in [0.29, 0.717) is 18.7 Å². The highest BCUT2D eigenvalue weighted by Crippen LogP contribution is 2.15. The fourth-order valence-electron chi connectivity index (χ4n) is 1.96. The molecule has 0 aliphatic heterocycles. The minimum absolute atomic E-state index is 0.373. The van der Waals surface area contributed by atoms with Gasteiger partial charge < -0.3 is 5.11 Å². The van der Waals surface area contributed by atoms with Gasteiger partial charge in [0.15, 0.2) is 11.9 Å². The average molecular weight is 260 g/mol. The molecule has 1 aromatic heterocycles. The van der Waals surface area contributed by atoms with Crippen LogP contribution in [0.1, 0.15) is 30.8 Å². The van der Waals surface area contributed by atoms with Gasteiger partial charge in [0, 0.05) is 12.8 Å². The second kappa shape index (κ2) is 6.08. The number of carbonyl (C=O) groups is 1. The van der Waals surface area contributed by atoms with E-state index < -0.39 is 12.0 Å². The maximum Gasteiger partial charge on any atom is 0.328 e. The van der Waals surface area contributed by atoms with Crippen LogP contribution in [0.25, 0.3) is 0 Å². The fraction of sp³-hybridized carbons (Fsp3) is 0.385. The van der Waals surface area contributed by atoms with E-state index in [1.807, 2.05) is 37.3 Å². The third-order valence-corrected chi connectivity index (χ3v) is 2.89. The molecule has 6 nitrogen and oxygen atoms in total. The van der Waals surface area contributed by atoms with Crippen LogP contribution in [0.2, 0.25) is 0 Å². The first-order chi connectivity index (χ1) is 9.22. The van der Waals surface area contributed by atoms with Gasteiger partial charge >= 0.3 is 5.97 Å². The summed E-state index contributed by atoms with van der Waals surface area (Å²) < 4.78 is 1.42. The van der Waals surface area contributed by atoms with Crippen LogP contribution in [-0.2, 0) is 17.6 Å². The number of nitrogens with zero attached hydrogens (tertiary/aromatic N) is 4. The lowest BCUT2D eigenvalue weighted by Gasteiger charge is -2.13. The van der Waals surface area contributed by atoms with Gasteiger partial charge in [-0.2, -0.15) is 0 Å². The van der Waals surface area contributed by atoms with E-state index in [0.717, 1.165) is 12.0 Å². The molecule has 0 saturated heterocycles. The Morgan fingerprint density at radius 1 is 1.37 bits per heavy atom. The number of tetrazole rings is 1. The van der Waals surface area contributed by atoms with Crippen LogP contribution in [0.15, 0.2) is 30.3 Å². The second-order valence-electron chi connectivity index (χ2n) is 4.33. The van der Waals surface area contributed by atoms with Crippen molar-refractivity contribution in [3.05, 3.63) is 41.7 Å². The summed E-state index contributed by atoms with van der Waals surface area (Å²) in [5.74, 6) is -0.306. The predicted molar refractivity (Wildman–Crippen MR) is 68.6 cm³/mol. The number of aliphatic carboxylic acids is 1. The van der Waals surface area contributed by atoms with Gasteiger partial charge in [-0.25, -0.2) is 9.48 Å². The number of hydrogen-bond acceptors (Lipinski definition) is 4. The molecule has 1 aromatic carbocycles. The first-order valence-corrected chi connectivity index (χ1v) is 6.25. The minimum atomic E-state index is -0.923. The van der Waals surface area contributed by atoms with Gasteiger partial charge in [-0.3, -0.25) is 0 Å². The smallest absolute Gasteiger partial charge is 0.328 e. The molecule has 0 radical (unpaired) electrons. The Labute approximate surface area is 111 Å². The molecule has 1 N–H and O–H groups in total. The molecular weight excluding hydrogens is 244 g/mol. The van der Waals surface area contributed by atoms with Gasteiger partial charge in [0.05, 0.1) is 0 Å². The number of carboxylic acid groups (broad SMARTS) is 1. The quantitative estimate of drug-likeness (QED) is 0.851. The fourth-order valence-corrected chi connectivity index (χ4v) is 1.96. The number of benzene rings is 1. The Morgan fingerprint density at radius 3 is 2.74 bits per heavy atom. The van der Waals surface area contributed by atoms with Crippen LogP contribution in [0.4, 0.5) is 0 Å². The molecule has 0 fully saturated rings. The molecule has 2 aromatic rings. The second-order valence-corrected chi connectivity index (χ2v) is 4.33. The van der Waals surface area contributed by atoms with Crippen molar-refractivity contribution in [2.45, 2.75) is 32.2 Å². The van der Waals surface area contributed by atoms with Crippen LogP contribution >= 0.6 is 0 Å². The summed E-state index contributed by atoms with van der Waals surface area (Å²) >= 11 is 0. The van der Waals surface area contributed by atoms with E-state index in [4.69, 9.17) is 0 Å². The van der Waals surface area contributed by atoms with E-state index in [-0.39, 0.29) is 0 Å². The van der Waals surface area contributed by atoms with E-state index in [1.54, 1.807) is 0 Å². The van der Waals surface area contributed by atoms with Crippen molar-refractivity contribution in [2.24, 2.45) is 0 Å². The number of aromatic nitrogens is 4. The van der Waals surface area contributed by atoms with Crippen molar-refractivity contribution in [2.75, 3.05) is 0 Å². The lowest BCUT2D eigenvalue weighted by Crippen LogP contribution is -2.24. The molecule has 1 unspecified atom stereocenters.